The number of para-hydroxylation sites is 1. The summed E-state index contributed by atoms with van der Waals surface area (Å²) in [6.45, 7) is 2.04. The van der Waals surface area contributed by atoms with Crippen LogP contribution in [-0.4, -0.2) is 27.6 Å². The lowest BCUT2D eigenvalue weighted by Gasteiger charge is -2.14. The number of carbonyl (C=O) groups is 2. The molecule has 2 N–H and O–H groups in total. The fourth-order valence-electron chi connectivity index (χ4n) is 3.59. The molecule has 1 aromatic heterocycles. The van der Waals surface area contributed by atoms with Crippen molar-refractivity contribution >= 4 is 11.8 Å². The van der Waals surface area contributed by atoms with Crippen molar-refractivity contribution in [2.24, 2.45) is 0 Å². The molecule has 4 rings (SSSR count). The zero-order valence-corrected chi connectivity index (χ0v) is 18.7. The van der Waals surface area contributed by atoms with Gasteiger partial charge >= 0.3 is 0 Å². The Morgan fingerprint density at radius 3 is 2.26 bits per heavy atom. The molecule has 0 saturated carbocycles. The minimum absolute atomic E-state index is 0.136. The molecule has 0 saturated heterocycles. The lowest BCUT2D eigenvalue weighted by Crippen LogP contribution is -2.37. The Morgan fingerprint density at radius 1 is 0.941 bits per heavy atom. The Labute approximate surface area is 197 Å². The number of hydrogen-bond donors (Lipinski definition) is 2. The van der Waals surface area contributed by atoms with Crippen molar-refractivity contribution < 1.29 is 14.0 Å². The number of nitrogens with zero attached hydrogens (tertiary/aromatic N) is 2. The average Bonchev–Trinajstić information content (AvgIpc) is 3.28. The van der Waals surface area contributed by atoms with Crippen molar-refractivity contribution in [3.05, 3.63) is 108 Å². The van der Waals surface area contributed by atoms with Crippen LogP contribution in [0.5, 0.6) is 0 Å². The van der Waals surface area contributed by atoms with Crippen molar-refractivity contribution in [2.75, 3.05) is 0 Å². The summed E-state index contributed by atoms with van der Waals surface area (Å²) in [7, 11) is 0. The van der Waals surface area contributed by atoms with Crippen LogP contribution in [0.2, 0.25) is 0 Å². The minimum atomic E-state index is -0.337. The van der Waals surface area contributed by atoms with E-state index < -0.39 is 0 Å². The highest BCUT2D eigenvalue weighted by Crippen LogP contribution is 2.24. The number of benzene rings is 3. The molecular formula is C27H25FN4O2. The van der Waals surface area contributed by atoms with Crippen molar-refractivity contribution in [3.8, 4) is 16.9 Å². The second-order valence-corrected chi connectivity index (χ2v) is 8.01. The van der Waals surface area contributed by atoms with Crippen LogP contribution in [0.4, 0.5) is 4.39 Å². The van der Waals surface area contributed by atoms with Gasteiger partial charge in [0.15, 0.2) is 0 Å². The van der Waals surface area contributed by atoms with E-state index in [0.717, 1.165) is 16.8 Å². The van der Waals surface area contributed by atoms with Crippen LogP contribution in [0.25, 0.3) is 16.9 Å². The standard InChI is InChI=1S/C27H25FN4O2/c1-19(30-27(34)21-8-4-2-5-9-21)16-25(33)29-17-22-18-32(24-10-6-3-7-11-24)31-26(22)20-12-14-23(28)15-13-20/h2-15,18-19H,16-17H2,1H3,(H,29,33)(H,30,34). The second-order valence-electron chi connectivity index (χ2n) is 8.01. The summed E-state index contributed by atoms with van der Waals surface area (Å²) in [5.41, 5.74) is 3.64. The zero-order chi connectivity index (χ0) is 23.9. The second kappa shape index (κ2) is 10.6. The Balaban J connectivity index is 1.44. The fraction of sp³-hybridized carbons (Fsp3) is 0.148. The molecule has 4 aromatic rings. The number of hydrogen-bond acceptors (Lipinski definition) is 3. The highest BCUT2D eigenvalue weighted by Gasteiger charge is 2.16. The Hall–Kier alpha value is -4.26. The molecule has 2 amide bonds. The smallest absolute Gasteiger partial charge is 0.251 e. The molecule has 6 nitrogen and oxygen atoms in total. The SMILES string of the molecule is CC(CC(=O)NCc1cn(-c2ccccc2)nc1-c1ccc(F)cc1)NC(=O)c1ccccc1. The number of halogens is 1. The molecule has 0 radical (unpaired) electrons. The summed E-state index contributed by atoms with van der Waals surface area (Å²) < 4.78 is 15.2. The van der Waals surface area contributed by atoms with Gasteiger partial charge in [-0.05, 0) is 55.5 Å². The highest BCUT2D eigenvalue weighted by molar-refractivity contribution is 5.94. The molecule has 7 heteroatoms. The molecule has 0 spiro atoms. The first-order valence-electron chi connectivity index (χ1n) is 11.0. The van der Waals surface area contributed by atoms with Crippen LogP contribution in [0, 0.1) is 5.82 Å². The topological polar surface area (TPSA) is 76.0 Å². The van der Waals surface area contributed by atoms with Crippen LogP contribution < -0.4 is 10.6 Å². The third kappa shape index (κ3) is 5.75. The normalized spacial score (nSPS) is 11.6. The molecule has 3 aromatic carbocycles. The molecule has 34 heavy (non-hydrogen) atoms. The van der Waals surface area contributed by atoms with E-state index in [4.69, 9.17) is 0 Å². The monoisotopic (exact) mass is 456 g/mol. The van der Waals surface area contributed by atoms with Crippen LogP contribution in [0.3, 0.4) is 0 Å². The molecule has 0 fully saturated rings. The lowest BCUT2D eigenvalue weighted by molar-refractivity contribution is -0.121. The molecule has 1 unspecified atom stereocenters. The van der Waals surface area contributed by atoms with E-state index in [-0.39, 0.29) is 36.6 Å². The predicted molar refractivity (Wildman–Crippen MR) is 129 cm³/mol. The Morgan fingerprint density at radius 2 is 1.59 bits per heavy atom. The Kier molecular flexibility index (Phi) is 7.13. The number of nitrogens with one attached hydrogen (secondary N) is 2. The molecule has 1 atom stereocenters. The van der Waals surface area contributed by atoms with Gasteiger partial charge in [0.2, 0.25) is 5.91 Å². The lowest BCUT2D eigenvalue weighted by atomic mass is 10.1. The summed E-state index contributed by atoms with van der Waals surface area (Å²) in [6.07, 6.45) is 1.99. The van der Waals surface area contributed by atoms with E-state index in [1.807, 2.05) is 42.6 Å². The maximum absolute atomic E-state index is 13.4. The largest absolute Gasteiger partial charge is 0.352 e. The average molecular weight is 457 g/mol. The third-order valence-corrected chi connectivity index (χ3v) is 5.31. The molecule has 0 aliphatic heterocycles. The summed E-state index contributed by atoms with van der Waals surface area (Å²) >= 11 is 0. The fourth-order valence-corrected chi connectivity index (χ4v) is 3.59. The van der Waals surface area contributed by atoms with Crippen molar-refractivity contribution in [2.45, 2.75) is 25.9 Å². The van der Waals surface area contributed by atoms with E-state index in [0.29, 0.717) is 11.3 Å². The van der Waals surface area contributed by atoms with Crippen LogP contribution >= 0.6 is 0 Å². The number of amides is 2. The van der Waals surface area contributed by atoms with E-state index in [1.165, 1.54) is 12.1 Å². The first-order valence-corrected chi connectivity index (χ1v) is 11.0. The van der Waals surface area contributed by atoms with Gasteiger partial charge in [-0.15, -0.1) is 0 Å². The summed E-state index contributed by atoms with van der Waals surface area (Å²) in [6, 6.07) is 24.3. The molecule has 1 heterocycles. The number of aromatic nitrogens is 2. The van der Waals surface area contributed by atoms with Crippen molar-refractivity contribution in [1.29, 1.82) is 0 Å². The van der Waals surface area contributed by atoms with Crippen LogP contribution in [0.15, 0.2) is 91.1 Å². The van der Waals surface area contributed by atoms with Crippen molar-refractivity contribution in [3.63, 3.8) is 0 Å². The van der Waals surface area contributed by atoms with Gasteiger partial charge in [-0.1, -0.05) is 36.4 Å². The third-order valence-electron chi connectivity index (χ3n) is 5.31. The summed E-state index contributed by atoms with van der Waals surface area (Å²) in [4.78, 5) is 24.9. The summed E-state index contributed by atoms with van der Waals surface area (Å²) in [5.74, 6) is -0.741. The van der Waals surface area contributed by atoms with E-state index in [2.05, 4.69) is 15.7 Å². The first kappa shape index (κ1) is 22.9. The summed E-state index contributed by atoms with van der Waals surface area (Å²) in [5, 5.41) is 10.4. The molecule has 172 valence electrons. The maximum Gasteiger partial charge on any atom is 0.251 e. The van der Waals surface area contributed by atoms with Crippen LogP contribution in [-0.2, 0) is 11.3 Å². The van der Waals surface area contributed by atoms with Gasteiger partial charge in [-0.25, -0.2) is 9.07 Å². The number of carbonyl (C=O) groups excluding carboxylic acids is 2. The van der Waals surface area contributed by atoms with Crippen molar-refractivity contribution in [1.82, 2.24) is 20.4 Å². The predicted octanol–water partition coefficient (Wildman–Crippen LogP) is 4.50. The molecule has 0 bridgehead atoms. The van der Waals surface area contributed by atoms with Crippen LogP contribution in [0.1, 0.15) is 29.3 Å². The van der Waals surface area contributed by atoms with Gasteiger partial charge in [0.25, 0.3) is 5.91 Å². The van der Waals surface area contributed by atoms with Gasteiger partial charge in [0, 0.05) is 41.9 Å². The molecule has 0 aliphatic rings. The Bertz CT molecular complexity index is 1260. The van der Waals surface area contributed by atoms with Gasteiger partial charge in [0.05, 0.1) is 11.4 Å². The van der Waals surface area contributed by atoms with E-state index >= 15 is 0 Å². The van der Waals surface area contributed by atoms with Gasteiger partial charge < -0.3 is 10.6 Å². The zero-order valence-electron chi connectivity index (χ0n) is 18.7. The van der Waals surface area contributed by atoms with Gasteiger partial charge in [-0.3, -0.25) is 9.59 Å². The number of rotatable bonds is 8. The first-order chi connectivity index (χ1) is 16.5. The molecule has 0 aliphatic carbocycles. The molecular weight excluding hydrogens is 431 g/mol. The quantitative estimate of drug-likeness (QED) is 0.410. The highest BCUT2D eigenvalue weighted by atomic mass is 19.1. The van der Waals surface area contributed by atoms with E-state index in [1.54, 1.807) is 48.0 Å². The minimum Gasteiger partial charge on any atom is -0.352 e. The maximum atomic E-state index is 13.4. The van der Waals surface area contributed by atoms with E-state index in [9.17, 15) is 14.0 Å². The van der Waals surface area contributed by atoms with Gasteiger partial charge in [0.1, 0.15) is 5.82 Å². The van der Waals surface area contributed by atoms with Gasteiger partial charge in [-0.2, -0.15) is 5.10 Å².